The van der Waals surface area contributed by atoms with Gasteiger partial charge in [0.25, 0.3) is 0 Å². The maximum absolute atomic E-state index is 13.6. The van der Waals surface area contributed by atoms with Gasteiger partial charge in [-0.2, -0.15) is 0 Å². The number of aromatic hydroxyl groups is 2. The summed E-state index contributed by atoms with van der Waals surface area (Å²) in [5.41, 5.74) is 2.42. The van der Waals surface area contributed by atoms with Crippen LogP contribution < -0.4 is 37.2 Å². The largest absolute Gasteiger partial charge is 0.508 e. The Morgan fingerprint density at radius 3 is 2.05 bits per heavy atom. The van der Waals surface area contributed by atoms with E-state index in [9.17, 15) is 29.4 Å². The molecule has 0 saturated carbocycles. The van der Waals surface area contributed by atoms with Crippen molar-refractivity contribution < 1.29 is 29.4 Å². The summed E-state index contributed by atoms with van der Waals surface area (Å²) in [6.45, 7) is 1.06. The molecule has 0 aliphatic carbocycles. The lowest BCUT2D eigenvalue weighted by Gasteiger charge is -2.25. The van der Waals surface area contributed by atoms with E-state index in [1.165, 1.54) is 6.07 Å². The molecule has 4 bridgehead atoms. The molecule has 13 nitrogen and oxygen atoms in total. The van der Waals surface area contributed by atoms with Gasteiger partial charge in [0.2, 0.25) is 23.6 Å². The predicted octanol–water partition coefficient (Wildman–Crippen LogP) is -1.13. The molecule has 3 rings (SSSR count). The second kappa shape index (κ2) is 16.4. The molecule has 0 saturated heterocycles. The highest BCUT2D eigenvalue weighted by Crippen LogP contribution is 2.31. The predicted molar refractivity (Wildman–Crippen MR) is 162 cm³/mol. The first-order valence-corrected chi connectivity index (χ1v) is 14.4. The number of phenolic OH excluding ortho intramolecular Hbond substituents is 2. The van der Waals surface area contributed by atoms with Gasteiger partial charge in [0, 0.05) is 25.9 Å². The number of fused-ring (bicyclic) bond motifs is 5. The third-order valence-corrected chi connectivity index (χ3v) is 7.27. The fourth-order valence-electron chi connectivity index (χ4n) is 4.86. The molecule has 0 radical (unpaired) electrons. The Balaban J connectivity index is 1.98. The van der Waals surface area contributed by atoms with Gasteiger partial charge in [-0.05, 0) is 87.0 Å². The maximum atomic E-state index is 13.6. The van der Waals surface area contributed by atoms with E-state index in [1.807, 2.05) is 0 Å². The summed E-state index contributed by atoms with van der Waals surface area (Å²) >= 11 is 0. The van der Waals surface area contributed by atoms with Gasteiger partial charge in [0.05, 0.1) is 12.6 Å². The second-order valence-electron chi connectivity index (χ2n) is 10.5. The van der Waals surface area contributed by atoms with Crippen molar-refractivity contribution in [2.45, 2.75) is 43.8 Å². The van der Waals surface area contributed by atoms with Crippen LogP contribution in [0.15, 0.2) is 36.4 Å². The lowest BCUT2D eigenvalue weighted by molar-refractivity contribution is -0.132. The molecule has 43 heavy (non-hydrogen) atoms. The molecule has 1 heterocycles. The second-order valence-corrected chi connectivity index (χ2v) is 10.5. The van der Waals surface area contributed by atoms with Crippen molar-refractivity contribution in [3.63, 3.8) is 0 Å². The third kappa shape index (κ3) is 9.66. The Hall–Kier alpha value is -4.20. The molecule has 2 aromatic carbocycles. The molecule has 1 aliphatic rings. The molecule has 234 valence electrons. The Morgan fingerprint density at radius 1 is 0.814 bits per heavy atom. The van der Waals surface area contributed by atoms with E-state index < -0.39 is 35.8 Å². The first-order valence-electron chi connectivity index (χ1n) is 14.4. The van der Waals surface area contributed by atoms with Crippen LogP contribution in [-0.2, 0) is 32.0 Å². The van der Waals surface area contributed by atoms with Gasteiger partial charge in [0.1, 0.15) is 23.6 Å². The Kier molecular flexibility index (Phi) is 12.7. The fourth-order valence-corrected chi connectivity index (χ4v) is 4.86. The van der Waals surface area contributed by atoms with E-state index in [2.05, 4.69) is 37.2 Å². The molecule has 4 amide bonds. The van der Waals surface area contributed by atoms with Crippen molar-refractivity contribution in [1.29, 1.82) is 0 Å². The number of rotatable bonds is 11. The molecular formula is C30H43N7O6. The fraction of sp³-hybridized carbons (Fsp3) is 0.467. The molecule has 1 aliphatic heterocycles. The number of hydrogen-bond acceptors (Lipinski definition) is 9. The molecule has 2 aromatic rings. The lowest BCUT2D eigenvalue weighted by Crippen LogP contribution is -2.57. The Morgan fingerprint density at radius 2 is 1.44 bits per heavy atom. The van der Waals surface area contributed by atoms with Gasteiger partial charge >= 0.3 is 0 Å². The zero-order valence-electron chi connectivity index (χ0n) is 24.9. The highest BCUT2D eigenvalue weighted by Gasteiger charge is 2.30. The monoisotopic (exact) mass is 597 g/mol. The average Bonchev–Trinajstić information content (AvgIpc) is 2.98. The zero-order chi connectivity index (χ0) is 31.4. The first-order chi connectivity index (χ1) is 20.7. The molecular weight excluding hydrogens is 554 g/mol. The number of hydrogen-bond donors (Lipinski definition) is 9. The van der Waals surface area contributed by atoms with Crippen molar-refractivity contribution in [3.8, 4) is 22.6 Å². The van der Waals surface area contributed by atoms with Crippen LogP contribution in [0.5, 0.6) is 11.5 Å². The van der Waals surface area contributed by atoms with Gasteiger partial charge in [-0.25, -0.2) is 0 Å². The van der Waals surface area contributed by atoms with Crippen molar-refractivity contribution in [1.82, 2.24) is 37.2 Å². The quantitative estimate of drug-likeness (QED) is 0.144. The summed E-state index contributed by atoms with van der Waals surface area (Å²) in [5, 5.41) is 41.1. The Labute approximate surface area is 251 Å². The van der Waals surface area contributed by atoms with Gasteiger partial charge in [-0.1, -0.05) is 12.1 Å². The molecule has 9 N–H and O–H groups in total. The van der Waals surface area contributed by atoms with Gasteiger partial charge in [-0.15, -0.1) is 0 Å². The highest BCUT2D eigenvalue weighted by molar-refractivity contribution is 5.93. The maximum Gasteiger partial charge on any atom is 0.243 e. The zero-order valence-corrected chi connectivity index (χ0v) is 24.9. The summed E-state index contributed by atoms with van der Waals surface area (Å²) in [7, 11) is 5.07. The number of benzene rings is 2. The van der Waals surface area contributed by atoms with E-state index in [1.54, 1.807) is 51.5 Å². The normalized spacial score (nSPS) is 18.9. The topological polar surface area (TPSA) is 193 Å². The minimum atomic E-state index is -1.09. The minimum Gasteiger partial charge on any atom is -0.508 e. The van der Waals surface area contributed by atoms with Crippen molar-refractivity contribution in [2.75, 3.05) is 47.3 Å². The SMILES string of the molecule is CNCCC[C@@H]1NC(=O)[C@@H](NC)Cc2cc(ccc2O)-c2ccc(O)c(c2)C[C@@H](C(=O)NCCNC(=O)CNC)NC1=O. The van der Waals surface area contributed by atoms with Crippen LogP contribution in [-0.4, -0.2) is 99.3 Å². The van der Waals surface area contributed by atoms with E-state index in [0.29, 0.717) is 30.5 Å². The number of carbonyl (C=O) groups excluding carboxylic acids is 4. The van der Waals surface area contributed by atoms with E-state index in [0.717, 1.165) is 11.1 Å². The van der Waals surface area contributed by atoms with Crippen LogP contribution in [0.1, 0.15) is 24.0 Å². The number of phenols is 2. The van der Waals surface area contributed by atoms with Crippen LogP contribution in [0, 0.1) is 0 Å². The third-order valence-electron chi connectivity index (χ3n) is 7.27. The molecule has 3 atom stereocenters. The molecule has 0 fully saturated rings. The molecule has 13 heteroatoms. The molecule has 0 unspecified atom stereocenters. The van der Waals surface area contributed by atoms with Crippen molar-refractivity contribution in [3.05, 3.63) is 47.5 Å². The first kappa shape index (κ1) is 33.3. The Bertz CT molecular complexity index is 1290. The molecule has 0 spiro atoms. The van der Waals surface area contributed by atoms with Crippen molar-refractivity contribution >= 4 is 23.6 Å². The summed E-state index contributed by atoms with van der Waals surface area (Å²) in [4.78, 5) is 52.0. The van der Waals surface area contributed by atoms with Gasteiger partial charge in [-0.3, -0.25) is 19.2 Å². The molecule has 0 aromatic heterocycles. The summed E-state index contributed by atoms with van der Waals surface area (Å²) < 4.78 is 0. The number of amides is 4. The van der Waals surface area contributed by atoms with Crippen LogP contribution in [0.25, 0.3) is 11.1 Å². The average molecular weight is 598 g/mol. The van der Waals surface area contributed by atoms with Gasteiger partial charge < -0.3 is 47.4 Å². The van der Waals surface area contributed by atoms with Crippen LogP contribution in [0.4, 0.5) is 0 Å². The number of likely N-dealkylation sites (N-methyl/N-ethyl adjacent to an activating group) is 2. The van der Waals surface area contributed by atoms with Gasteiger partial charge in [0.15, 0.2) is 0 Å². The van der Waals surface area contributed by atoms with E-state index >= 15 is 0 Å². The highest BCUT2D eigenvalue weighted by atomic mass is 16.3. The van der Waals surface area contributed by atoms with Crippen LogP contribution in [0.3, 0.4) is 0 Å². The summed E-state index contributed by atoms with van der Waals surface area (Å²) in [6.07, 6.45) is 1.01. The smallest absolute Gasteiger partial charge is 0.243 e. The summed E-state index contributed by atoms with van der Waals surface area (Å²) in [5.74, 6) is -1.72. The minimum absolute atomic E-state index is 0.0299. The summed E-state index contributed by atoms with van der Waals surface area (Å²) in [6, 6.07) is 7.24. The van der Waals surface area contributed by atoms with Crippen LogP contribution in [0.2, 0.25) is 0 Å². The number of carbonyl (C=O) groups is 4. The van der Waals surface area contributed by atoms with E-state index in [-0.39, 0.29) is 49.9 Å². The lowest BCUT2D eigenvalue weighted by atomic mass is 9.95. The van der Waals surface area contributed by atoms with Crippen molar-refractivity contribution in [2.24, 2.45) is 0 Å². The van der Waals surface area contributed by atoms with Crippen LogP contribution >= 0.6 is 0 Å². The number of nitrogens with one attached hydrogen (secondary N) is 7. The van der Waals surface area contributed by atoms with E-state index in [4.69, 9.17) is 0 Å². The standard InChI is InChI=1S/C30H43N7O6/c1-31-10-4-5-22-29(42)37-24(28(41)35-12-11-34-27(40)17-32-2)16-21-14-19(7-9-26(21)39)18-6-8-25(38)20(13-18)15-23(33-3)30(43)36-22/h6-9,13-14,22-24,31-33,38-39H,4-5,10-12,15-17H2,1-3H3,(H,34,40)(H,35,41)(H,36,43)(H,37,42)/t22-,23-,24-/m0/s1.